The van der Waals surface area contributed by atoms with Crippen LogP contribution >= 0.6 is 0 Å². The standard InChI is InChI=1S/C27H26BF2NO6/c1-16-23(12-7-20-15-37-28(34)24(16)20)26(32)31-25(17(2)35-13-18-3-8-21(29)9-4-18)27(33)36-14-19-5-10-22(30)11-6-19/h3-12,17,25,34H,13-15H2,1-2H3,(H,31,32)/t17-,25-/m0/s1. The van der Waals surface area contributed by atoms with Crippen LogP contribution in [0.15, 0.2) is 60.7 Å². The first kappa shape index (κ1) is 26.5. The first-order chi connectivity index (χ1) is 17.7. The average molecular weight is 509 g/mol. The zero-order chi connectivity index (χ0) is 26.5. The first-order valence-electron chi connectivity index (χ1n) is 11.7. The molecule has 1 amide bonds. The largest absolute Gasteiger partial charge is 0.492 e. The molecule has 10 heteroatoms. The molecule has 0 saturated carbocycles. The Morgan fingerprint density at radius 2 is 1.59 bits per heavy atom. The van der Waals surface area contributed by atoms with E-state index in [0.29, 0.717) is 22.2 Å². The molecule has 1 aliphatic heterocycles. The molecule has 1 aliphatic rings. The lowest BCUT2D eigenvalue weighted by Crippen LogP contribution is -2.49. The number of carbonyl (C=O) groups is 2. The Morgan fingerprint density at radius 1 is 1.00 bits per heavy atom. The van der Waals surface area contributed by atoms with Crippen molar-refractivity contribution in [3.05, 3.63) is 100 Å². The number of rotatable bonds is 9. The van der Waals surface area contributed by atoms with Gasteiger partial charge in [0, 0.05) is 5.56 Å². The fraction of sp³-hybridized carbons (Fsp3) is 0.259. The molecule has 0 aromatic heterocycles. The van der Waals surface area contributed by atoms with E-state index in [1.165, 1.54) is 36.4 Å². The van der Waals surface area contributed by atoms with Crippen molar-refractivity contribution in [2.24, 2.45) is 0 Å². The number of nitrogens with one attached hydrogen (secondary N) is 1. The molecule has 0 bridgehead atoms. The van der Waals surface area contributed by atoms with Gasteiger partial charge in [-0.15, -0.1) is 0 Å². The van der Waals surface area contributed by atoms with E-state index in [1.54, 1.807) is 38.1 Å². The van der Waals surface area contributed by atoms with Crippen molar-refractivity contribution < 1.29 is 37.5 Å². The quantitative estimate of drug-likeness (QED) is 0.341. The number of carbonyl (C=O) groups excluding carboxylic acids is 2. The normalized spacial score (nSPS) is 14.1. The average Bonchev–Trinajstić information content (AvgIpc) is 3.27. The zero-order valence-electron chi connectivity index (χ0n) is 20.4. The lowest BCUT2D eigenvalue weighted by molar-refractivity contribution is -0.151. The zero-order valence-corrected chi connectivity index (χ0v) is 20.4. The van der Waals surface area contributed by atoms with Crippen LogP contribution in [0.2, 0.25) is 0 Å². The molecule has 192 valence electrons. The van der Waals surface area contributed by atoms with Crippen LogP contribution in [0.3, 0.4) is 0 Å². The Labute approximate surface area is 213 Å². The van der Waals surface area contributed by atoms with Gasteiger partial charge in [0.25, 0.3) is 5.91 Å². The third kappa shape index (κ3) is 6.40. The van der Waals surface area contributed by atoms with Gasteiger partial charge >= 0.3 is 13.1 Å². The van der Waals surface area contributed by atoms with Gasteiger partial charge in [-0.3, -0.25) is 4.79 Å². The van der Waals surface area contributed by atoms with E-state index in [-0.39, 0.29) is 31.2 Å². The smallest absolute Gasteiger partial charge is 0.459 e. The number of esters is 1. The summed E-state index contributed by atoms with van der Waals surface area (Å²) in [6.07, 6.45) is -0.821. The second kappa shape index (κ2) is 11.6. The summed E-state index contributed by atoms with van der Waals surface area (Å²) in [6.45, 7) is 3.49. The lowest BCUT2D eigenvalue weighted by Gasteiger charge is -2.24. The van der Waals surface area contributed by atoms with E-state index < -0.39 is 37.0 Å². The Balaban J connectivity index is 1.50. The van der Waals surface area contributed by atoms with Crippen molar-refractivity contribution in [2.75, 3.05) is 0 Å². The van der Waals surface area contributed by atoms with Crippen molar-refractivity contribution in [3.8, 4) is 0 Å². The summed E-state index contributed by atoms with van der Waals surface area (Å²) in [4.78, 5) is 26.3. The number of amides is 1. The van der Waals surface area contributed by atoms with Gasteiger partial charge in [-0.2, -0.15) is 0 Å². The van der Waals surface area contributed by atoms with E-state index in [9.17, 15) is 23.4 Å². The van der Waals surface area contributed by atoms with E-state index in [0.717, 1.165) is 5.56 Å². The van der Waals surface area contributed by atoms with Crippen LogP contribution in [0.4, 0.5) is 8.78 Å². The fourth-order valence-corrected chi connectivity index (χ4v) is 4.07. The molecule has 3 aromatic rings. The van der Waals surface area contributed by atoms with Crippen LogP contribution in [-0.2, 0) is 38.7 Å². The summed E-state index contributed by atoms with van der Waals surface area (Å²) < 4.78 is 42.9. The summed E-state index contributed by atoms with van der Waals surface area (Å²) in [5.41, 5.74) is 3.38. The topological polar surface area (TPSA) is 94.1 Å². The van der Waals surface area contributed by atoms with Crippen LogP contribution in [0.5, 0.6) is 0 Å². The van der Waals surface area contributed by atoms with Crippen LogP contribution < -0.4 is 10.8 Å². The number of halogens is 2. The predicted octanol–water partition coefficient (Wildman–Crippen LogP) is 2.94. The van der Waals surface area contributed by atoms with Crippen LogP contribution in [0, 0.1) is 18.6 Å². The van der Waals surface area contributed by atoms with E-state index in [2.05, 4.69) is 5.32 Å². The molecule has 1 heterocycles. The molecular weight excluding hydrogens is 483 g/mol. The molecule has 2 atom stereocenters. The molecule has 0 aliphatic carbocycles. The summed E-state index contributed by atoms with van der Waals surface area (Å²) in [7, 11) is -1.13. The third-order valence-corrected chi connectivity index (χ3v) is 6.22. The molecule has 7 nitrogen and oxygen atoms in total. The summed E-state index contributed by atoms with van der Waals surface area (Å²) in [5.74, 6) is -2.10. The van der Waals surface area contributed by atoms with Crippen molar-refractivity contribution in [1.29, 1.82) is 0 Å². The minimum Gasteiger partial charge on any atom is -0.459 e. The lowest BCUT2D eigenvalue weighted by atomic mass is 9.75. The Morgan fingerprint density at radius 3 is 2.22 bits per heavy atom. The predicted molar refractivity (Wildman–Crippen MR) is 132 cm³/mol. The minimum absolute atomic E-state index is 0.0699. The second-order valence-corrected chi connectivity index (χ2v) is 8.80. The van der Waals surface area contributed by atoms with Crippen molar-refractivity contribution in [2.45, 2.75) is 45.8 Å². The molecule has 0 saturated heterocycles. The molecular formula is C27H26BF2NO6. The molecule has 0 radical (unpaired) electrons. The number of fused-ring (bicyclic) bond motifs is 1. The Hall–Kier alpha value is -3.60. The summed E-state index contributed by atoms with van der Waals surface area (Å²) in [6, 6.07) is 13.3. The van der Waals surface area contributed by atoms with Gasteiger partial charge in [-0.1, -0.05) is 30.3 Å². The number of benzene rings is 3. The van der Waals surface area contributed by atoms with Crippen molar-refractivity contribution >= 4 is 24.5 Å². The molecule has 0 fully saturated rings. The highest BCUT2D eigenvalue weighted by atomic mass is 19.1. The van der Waals surface area contributed by atoms with Crippen LogP contribution in [0.1, 0.15) is 39.5 Å². The molecule has 3 aromatic carbocycles. The third-order valence-electron chi connectivity index (χ3n) is 6.22. The van der Waals surface area contributed by atoms with Gasteiger partial charge in [0.15, 0.2) is 6.04 Å². The van der Waals surface area contributed by atoms with Gasteiger partial charge in [-0.25, -0.2) is 13.6 Å². The maximum atomic E-state index is 13.2. The Kier molecular flexibility index (Phi) is 8.32. The van der Waals surface area contributed by atoms with E-state index in [4.69, 9.17) is 14.1 Å². The van der Waals surface area contributed by atoms with Gasteiger partial charge in [0.1, 0.15) is 18.2 Å². The van der Waals surface area contributed by atoms with Crippen molar-refractivity contribution in [1.82, 2.24) is 5.32 Å². The van der Waals surface area contributed by atoms with Crippen molar-refractivity contribution in [3.63, 3.8) is 0 Å². The maximum absolute atomic E-state index is 13.2. The van der Waals surface area contributed by atoms with E-state index in [1.807, 2.05) is 0 Å². The summed E-state index contributed by atoms with van der Waals surface area (Å²) in [5, 5.41) is 12.8. The summed E-state index contributed by atoms with van der Waals surface area (Å²) >= 11 is 0. The number of hydrogen-bond donors (Lipinski definition) is 2. The molecule has 4 rings (SSSR count). The maximum Gasteiger partial charge on any atom is 0.492 e. The van der Waals surface area contributed by atoms with Crippen LogP contribution in [0.25, 0.3) is 0 Å². The highest BCUT2D eigenvalue weighted by Crippen LogP contribution is 2.17. The monoisotopic (exact) mass is 509 g/mol. The molecule has 0 spiro atoms. The SMILES string of the molecule is Cc1c(C(=O)N[C@H](C(=O)OCc2ccc(F)cc2)[C@H](C)OCc2ccc(F)cc2)ccc2c1B(O)OC2. The Bertz CT molecular complexity index is 1270. The number of ether oxygens (including phenoxy) is 2. The minimum atomic E-state index is -1.19. The van der Waals surface area contributed by atoms with Gasteiger partial charge in [-0.05, 0) is 71.9 Å². The first-order valence-corrected chi connectivity index (χ1v) is 11.7. The fourth-order valence-electron chi connectivity index (χ4n) is 4.07. The van der Waals surface area contributed by atoms with E-state index >= 15 is 0 Å². The molecule has 0 unspecified atom stereocenters. The second-order valence-electron chi connectivity index (χ2n) is 8.80. The van der Waals surface area contributed by atoms with Gasteiger partial charge in [0.2, 0.25) is 0 Å². The molecule has 37 heavy (non-hydrogen) atoms. The highest BCUT2D eigenvalue weighted by molar-refractivity contribution is 6.62. The van der Waals surface area contributed by atoms with Gasteiger partial charge < -0.3 is 24.5 Å². The number of hydrogen-bond acceptors (Lipinski definition) is 6. The van der Waals surface area contributed by atoms with Crippen LogP contribution in [-0.4, -0.2) is 36.2 Å². The highest BCUT2D eigenvalue weighted by Gasteiger charge is 2.33. The molecule has 2 N–H and O–H groups in total. The van der Waals surface area contributed by atoms with Gasteiger partial charge in [0.05, 0.1) is 19.3 Å².